The predicted octanol–water partition coefficient (Wildman–Crippen LogP) is 0.641. The molecule has 0 aliphatic carbocycles. The predicted molar refractivity (Wildman–Crippen MR) is 58.5 cm³/mol. The number of nitrogens with two attached hydrogens (primary N) is 1. The standard InChI is InChI=1S/C8H11ClN2O2S/c9-6-2-1-4(10)7(11-6)8(13)5(12)3-14/h1-2,5,8,12-14H,3,10H2. The minimum Gasteiger partial charge on any atom is -0.397 e. The number of hydrogen-bond donors (Lipinski definition) is 4. The van der Waals surface area contributed by atoms with E-state index >= 15 is 0 Å². The molecule has 2 atom stereocenters. The lowest BCUT2D eigenvalue weighted by molar-refractivity contribution is 0.0315. The first-order valence-electron chi connectivity index (χ1n) is 3.95. The molecule has 0 aliphatic rings. The van der Waals surface area contributed by atoms with Gasteiger partial charge in [0.2, 0.25) is 0 Å². The molecule has 1 aromatic heterocycles. The summed E-state index contributed by atoms with van der Waals surface area (Å²) in [6, 6.07) is 3.04. The Labute approximate surface area is 92.1 Å². The van der Waals surface area contributed by atoms with E-state index in [-0.39, 0.29) is 16.6 Å². The summed E-state index contributed by atoms with van der Waals surface area (Å²) in [6.07, 6.45) is -2.17. The molecule has 78 valence electrons. The Bertz CT molecular complexity index is 324. The number of anilines is 1. The summed E-state index contributed by atoms with van der Waals surface area (Å²) in [6.45, 7) is 0. The monoisotopic (exact) mass is 234 g/mol. The number of halogens is 1. The summed E-state index contributed by atoms with van der Waals surface area (Å²) < 4.78 is 0. The van der Waals surface area contributed by atoms with E-state index in [2.05, 4.69) is 17.6 Å². The molecule has 6 heteroatoms. The molecule has 0 aliphatic heterocycles. The van der Waals surface area contributed by atoms with Crippen molar-refractivity contribution in [3.63, 3.8) is 0 Å². The van der Waals surface area contributed by atoms with Gasteiger partial charge < -0.3 is 15.9 Å². The summed E-state index contributed by atoms with van der Waals surface area (Å²) in [5.41, 5.74) is 6.04. The molecule has 0 fully saturated rings. The minimum absolute atomic E-state index is 0.120. The highest BCUT2D eigenvalue weighted by Crippen LogP contribution is 2.23. The van der Waals surface area contributed by atoms with Gasteiger partial charge in [-0.2, -0.15) is 12.6 Å². The molecule has 1 rings (SSSR count). The second-order valence-electron chi connectivity index (χ2n) is 2.80. The van der Waals surface area contributed by atoms with E-state index in [0.29, 0.717) is 5.69 Å². The zero-order chi connectivity index (χ0) is 10.7. The fourth-order valence-electron chi connectivity index (χ4n) is 0.980. The van der Waals surface area contributed by atoms with Crippen molar-refractivity contribution >= 4 is 29.9 Å². The van der Waals surface area contributed by atoms with Crippen molar-refractivity contribution in [2.24, 2.45) is 0 Å². The van der Waals surface area contributed by atoms with E-state index in [1.807, 2.05) is 0 Å². The number of rotatable bonds is 3. The largest absolute Gasteiger partial charge is 0.397 e. The SMILES string of the molecule is Nc1ccc(Cl)nc1C(O)C(O)CS. The second kappa shape index (κ2) is 4.84. The lowest BCUT2D eigenvalue weighted by Gasteiger charge is -2.16. The summed E-state index contributed by atoms with van der Waals surface area (Å²) in [5, 5.41) is 19.1. The topological polar surface area (TPSA) is 79.4 Å². The van der Waals surface area contributed by atoms with Crippen molar-refractivity contribution in [1.29, 1.82) is 0 Å². The number of hydrogen-bond acceptors (Lipinski definition) is 5. The molecule has 0 bridgehead atoms. The number of nitrogen functional groups attached to an aromatic ring is 1. The highest BCUT2D eigenvalue weighted by atomic mass is 35.5. The van der Waals surface area contributed by atoms with Gasteiger partial charge in [0.25, 0.3) is 0 Å². The van der Waals surface area contributed by atoms with E-state index < -0.39 is 12.2 Å². The Morgan fingerprint density at radius 2 is 2.14 bits per heavy atom. The van der Waals surface area contributed by atoms with Crippen LogP contribution < -0.4 is 5.73 Å². The quantitative estimate of drug-likeness (QED) is 0.457. The van der Waals surface area contributed by atoms with Crippen LogP contribution in [0.25, 0.3) is 0 Å². The van der Waals surface area contributed by atoms with Gasteiger partial charge >= 0.3 is 0 Å². The van der Waals surface area contributed by atoms with Crippen LogP contribution in [0, 0.1) is 0 Å². The van der Waals surface area contributed by atoms with Crippen LogP contribution in [0.4, 0.5) is 5.69 Å². The Balaban J connectivity index is 2.99. The van der Waals surface area contributed by atoms with Crippen LogP contribution >= 0.6 is 24.2 Å². The fraction of sp³-hybridized carbons (Fsp3) is 0.375. The maximum atomic E-state index is 9.59. The van der Waals surface area contributed by atoms with Crippen molar-refractivity contribution in [2.45, 2.75) is 12.2 Å². The molecule has 0 amide bonds. The Morgan fingerprint density at radius 1 is 1.50 bits per heavy atom. The molecule has 4 nitrogen and oxygen atoms in total. The van der Waals surface area contributed by atoms with Gasteiger partial charge in [-0.3, -0.25) is 0 Å². The van der Waals surface area contributed by atoms with Gasteiger partial charge in [0.05, 0.1) is 17.5 Å². The van der Waals surface area contributed by atoms with Gasteiger partial charge in [-0.05, 0) is 12.1 Å². The van der Waals surface area contributed by atoms with Crippen molar-refractivity contribution in [3.05, 3.63) is 23.0 Å². The molecule has 0 radical (unpaired) electrons. The van der Waals surface area contributed by atoms with Gasteiger partial charge in [0.1, 0.15) is 11.3 Å². The van der Waals surface area contributed by atoms with Crippen LogP contribution in [0.5, 0.6) is 0 Å². The smallest absolute Gasteiger partial charge is 0.129 e. The first kappa shape index (κ1) is 11.6. The maximum Gasteiger partial charge on any atom is 0.129 e. The summed E-state index contributed by atoms with van der Waals surface area (Å²) in [7, 11) is 0. The van der Waals surface area contributed by atoms with Crippen LogP contribution in [-0.2, 0) is 0 Å². The van der Waals surface area contributed by atoms with Crippen molar-refractivity contribution in [2.75, 3.05) is 11.5 Å². The van der Waals surface area contributed by atoms with Gasteiger partial charge in [-0.25, -0.2) is 4.98 Å². The molecular weight excluding hydrogens is 224 g/mol. The number of thiol groups is 1. The van der Waals surface area contributed by atoms with E-state index in [4.69, 9.17) is 17.3 Å². The minimum atomic E-state index is -1.16. The number of aromatic nitrogens is 1. The second-order valence-corrected chi connectivity index (χ2v) is 3.56. The lowest BCUT2D eigenvalue weighted by Crippen LogP contribution is -2.21. The van der Waals surface area contributed by atoms with Crippen molar-refractivity contribution < 1.29 is 10.2 Å². The summed E-state index contributed by atoms with van der Waals surface area (Å²) in [4.78, 5) is 3.84. The Hall–Kier alpha value is -0.490. The van der Waals surface area contributed by atoms with Crippen molar-refractivity contribution in [1.82, 2.24) is 4.98 Å². The molecule has 0 saturated carbocycles. The van der Waals surface area contributed by atoms with Gasteiger partial charge in [-0.15, -0.1) is 0 Å². The summed E-state index contributed by atoms with van der Waals surface area (Å²) >= 11 is 9.48. The van der Waals surface area contributed by atoms with E-state index in [1.54, 1.807) is 0 Å². The number of aliphatic hydroxyl groups is 2. The molecular formula is C8H11ClN2O2S. The van der Waals surface area contributed by atoms with Crippen LogP contribution in [0.2, 0.25) is 5.15 Å². The van der Waals surface area contributed by atoms with Crippen LogP contribution in [0.15, 0.2) is 12.1 Å². The zero-order valence-electron chi connectivity index (χ0n) is 7.26. The van der Waals surface area contributed by atoms with E-state index in [9.17, 15) is 10.2 Å². The third kappa shape index (κ3) is 2.51. The average molecular weight is 235 g/mol. The molecule has 14 heavy (non-hydrogen) atoms. The highest BCUT2D eigenvalue weighted by molar-refractivity contribution is 7.80. The van der Waals surface area contributed by atoms with Crippen LogP contribution in [0.3, 0.4) is 0 Å². The fourth-order valence-corrected chi connectivity index (χ4v) is 1.33. The number of aliphatic hydroxyl groups excluding tert-OH is 2. The van der Waals surface area contributed by atoms with Crippen LogP contribution in [0.1, 0.15) is 11.8 Å². The normalized spacial score (nSPS) is 15.1. The molecule has 1 heterocycles. The third-order valence-electron chi connectivity index (χ3n) is 1.76. The van der Waals surface area contributed by atoms with Gasteiger partial charge in [0, 0.05) is 5.75 Å². The van der Waals surface area contributed by atoms with Gasteiger partial charge in [-0.1, -0.05) is 11.6 Å². The molecule has 0 saturated heterocycles. The Morgan fingerprint density at radius 3 is 2.71 bits per heavy atom. The molecule has 4 N–H and O–H groups in total. The number of pyridine rings is 1. The zero-order valence-corrected chi connectivity index (χ0v) is 8.91. The molecule has 0 aromatic carbocycles. The first-order chi connectivity index (χ1) is 6.56. The summed E-state index contributed by atoms with van der Waals surface area (Å²) in [5.74, 6) is 0.120. The lowest BCUT2D eigenvalue weighted by atomic mass is 10.1. The molecule has 0 spiro atoms. The molecule has 2 unspecified atom stereocenters. The third-order valence-corrected chi connectivity index (χ3v) is 2.34. The maximum absolute atomic E-state index is 9.59. The first-order valence-corrected chi connectivity index (χ1v) is 4.96. The van der Waals surface area contributed by atoms with E-state index in [1.165, 1.54) is 12.1 Å². The van der Waals surface area contributed by atoms with Crippen molar-refractivity contribution in [3.8, 4) is 0 Å². The molecule has 1 aromatic rings. The van der Waals surface area contributed by atoms with E-state index in [0.717, 1.165) is 0 Å². The van der Waals surface area contributed by atoms with Gasteiger partial charge in [0.15, 0.2) is 0 Å². The Kier molecular flexibility index (Phi) is 4.00. The highest BCUT2D eigenvalue weighted by Gasteiger charge is 2.20. The number of nitrogens with zero attached hydrogens (tertiary/aromatic N) is 1. The average Bonchev–Trinajstić information content (AvgIpc) is 2.19. The van der Waals surface area contributed by atoms with Crippen LogP contribution in [-0.4, -0.2) is 27.1 Å².